The molecule has 0 aromatic heterocycles. The number of ether oxygens (including phenoxy) is 2. The number of carbonyl (C=O) groups excluding carboxylic acids is 2. The van der Waals surface area contributed by atoms with E-state index in [4.69, 9.17) is 9.47 Å². The molecule has 0 saturated carbocycles. The number of rotatable bonds is 8. The highest BCUT2D eigenvalue weighted by Crippen LogP contribution is 2.29. The van der Waals surface area contributed by atoms with Gasteiger partial charge < -0.3 is 24.6 Å². The zero-order chi connectivity index (χ0) is 26.4. The van der Waals surface area contributed by atoms with Gasteiger partial charge in [0, 0.05) is 51.0 Å². The summed E-state index contributed by atoms with van der Waals surface area (Å²) in [5.41, 5.74) is 2.32. The lowest BCUT2D eigenvalue weighted by Gasteiger charge is -2.35. The number of piperidine rings is 1. The van der Waals surface area contributed by atoms with Gasteiger partial charge in [-0.05, 0) is 55.9 Å². The van der Waals surface area contributed by atoms with Crippen LogP contribution in [0.2, 0.25) is 0 Å². The Morgan fingerprint density at radius 2 is 1.78 bits per heavy atom. The molecule has 200 valence electrons. The van der Waals surface area contributed by atoms with E-state index in [9.17, 15) is 9.59 Å². The number of piperazine rings is 1. The molecule has 0 bridgehead atoms. The van der Waals surface area contributed by atoms with E-state index < -0.39 is 5.60 Å². The molecule has 1 N–H and O–H groups in total. The van der Waals surface area contributed by atoms with Crippen LogP contribution < -0.4 is 15.0 Å². The highest BCUT2D eigenvalue weighted by molar-refractivity contribution is 5.85. The molecule has 37 heavy (non-hydrogen) atoms. The van der Waals surface area contributed by atoms with Crippen molar-refractivity contribution in [2.45, 2.75) is 58.7 Å². The van der Waals surface area contributed by atoms with Crippen molar-refractivity contribution in [2.24, 2.45) is 5.92 Å². The van der Waals surface area contributed by atoms with Crippen LogP contribution in [0.5, 0.6) is 5.75 Å². The maximum Gasteiger partial charge on any atom is 0.311 e. The lowest BCUT2D eigenvalue weighted by Crippen LogP contribution is -2.54. The van der Waals surface area contributed by atoms with E-state index in [-0.39, 0.29) is 17.8 Å². The lowest BCUT2D eigenvalue weighted by atomic mass is 9.97. The van der Waals surface area contributed by atoms with E-state index in [1.165, 1.54) is 5.56 Å². The van der Waals surface area contributed by atoms with E-state index in [0.717, 1.165) is 43.7 Å². The van der Waals surface area contributed by atoms with Gasteiger partial charge in [0.15, 0.2) is 5.60 Å². The molecule has 1 amide bonds. The molecule has 1 atom stereocenters. The molecule has 2 aromatic carbocycles. The van der Waals surface area contributed by atoms with Crippen molar-refractivity contribution < 1.29 is 19.1 Å². The first-order chi connectivity index (χ1) is 17.7. The number of amides is 1. The zero-order valence-corrected chi connectivity index (χ0v) is 22.7. The maximum atomic E-state index is 13.1. The Bertz CT molecular complexity index is 1060. The highest BCUT2D eigenvalue weighted by Gasteiger charge is 2.35. The van der Waals surface area contributed by atoms with Crippen molar-refractivity contribution in [1.82, 2.24) is 10.2 Å². The number of benzene rings is 2. The van der Waals surface area contributed by atoms with E-state index in [2.05, 4.69) is 36.2 Å². The van der Waals surface area contributed by atoms with Gasteiger partial charge in [-0.15, -0.1) is 0 Å². The predicted molar refractivity (Wildman–Crippen MR) is 146 cm³/mol. The summed E-state index contributed by atoms with van der Waals surface area (Å²) in [6, 6.07) is 16.1. The first-order valence-electron chi connectivity index (χ1n) is 13.5. The van der Waals surface area contributed by atoms with Crippen molar-refractivity contribution in [3.8, 4) is 5.75 Å². The second-order valence-electron chi connectivity index (χ2n) is 10.9. The van der Waals surface area contributed by atoms with Crippen molar-refractivity contribution in [1.29, 1.82) is 0 Å². The SMILES string of the molecule is CC(C)c1ccc(COC(=O)[C@@H]2CCCN(c3cccc(OC(C)(C)C(=O)N4CCNCC4)c3)C2)cc1. The molecule has 2 saturated heterocycles. The van der Waals surface area contributed by atoms with Crippen molar-refractivity contribution >= 4 is 17.6 Å². The summed E-state index contributed by atoms with van der Waals surface area (Å²) in [6.07, 6.45) is 1.74. The molecule has 0 spiro atoms. The lowest BCUT2D eigenvalue weighted by molar-refractivity contribution is -0.150. The molecule has 0 aliphatic carbocycles. The van der Waals surface area contributed by atoms with Gasteiger partial charge in [0.25, 0.3) is 5.91 Å². The molecule has 2 aromatic rings. The smallest absolute Gasteiger partial charge is 0.311 e. The zero-order valence-electron chi connectivity index (χ0n) is 22.7. The number of hydrogen-bond donors (Lipinski definition) is 1. The quantitative estimate of drug-likeness (QED) is 0.536. The summed E-state index contributed by atoms with van der Waals surface area (Å²) in [5.74, 6) is 0.818. The standard InChI is InChI=1S/C30H41N3O4/c1-22(2)24-12-10-23(11-13-24)21-36-28(34)25-7-6-16-33(20-25)26-8-5-9-27(19-26)37-30(3,4)29(35)32-17-14-31-15-18-32/h5,8-13,19,22,25,31H,6-7,14-18,20-21H2,1-4H3/t25-/m1/s1. The fourth-order valence-electron chi connectivity index (χ4n) is 5.01. The second-order valence-corrected chi connectivity index (χ2v) is 10.9. The number of hydrogen-bond acceptors (Lipinski definition) is 6. The number of nitrogens with one attached hydrogen (secondary N) is 1. The maximum absolute atomic E-state index is 13.1. The molecular weight excluding hydrogens is 466 g/mol. The van der Waals surface area contributed by atoms with Gasteiger partial charge in [0.05, 0.1) is 5.92 Å². The largest absolute Gasteiger partial charge is 0.478 e. The fourth-order valence-corrected chi connectivity index (χ4v) is 5.01. The van der Waals surface area contributed by atoms with Gasteiger partial charge in [-0.2, -0.15) is 0 Å². The van der Waals surface area contributed by atoms with Gasteiger partial charge in [0.1, 0.15) is 12.4 Å². The monoisotopic (exact) mass is 507 g/mol. The Hall–Kier alpha value is -3.06. The Labute approximate surface area is 221 Å². The number of esters is 1. The molecule has 4 rings (SSSR count). The first-order valence-corrected chi connectivity index (χ1v) is 13.5. The average molecular weight is 508 g/mol. The van der Waals surface area contributed by atoms with Crippen LogP contribution in [0.25, 0.3) is 0 Å². The van der Waals surface area contributed by atoms with Gasteiger partial charge in [-0.25, -0.2) is 0 Å². The minimum Gasteiger partial charge on any atom is -0.478 e. The predicted octanol–water partition coefficient (Wildman–Crippen LogP) is 4.36. The van der Waals surface area contributed by atoms with E-state index in [1.54, 1.807) is 0 Å². The Morgan fingerprint density at radius 1 is 1.05 bits per heavy atom. The third kappa shape index (κ3) is 7.04. The molecule has 2 heterocycles. The normalized spacial score (nSPS) is 18.6. The molecule has 7 nitrogen and oxygen atoms in total. The highest BCUT2D eigenvalue weighted by atomic mass is 16.5. The van der Waals surface area contributed by atoms with Crippen LogP contribution in [0.15, 0.2) is 48.5 Å². The Morgan fingerprint density at radius 3 is 2.49 bits per heavy atom. The minimum atomic E-state index is -0.961. The van der Waals surface area contributed by atoms with Crippen LogP contribution in [0.4, 0.5) is 5.69 Å². The summed E-state index contributed by atoms with van der Waals surface area (Å²) in [7, 11) is 0. The molecule has 0 radical (unpaired) electrons. The number of carbonyl (C=O) groups is 2. The van der Waals surface area contributed by atoms with E-state index >= 15 is 0 Å². The van der Waals surface area contributed by atoms with Crippen molar-refractivity contribution in [2.75, 3.05) is 44.2 Å². The fraction of sp³-hybridized carbons (Fsp3) is 0.533. The van der Waals surface area contributed by atoms with Crippen molar-refractivity contribution in [3.63, 3.8) is 0 Å². The minimum absolute atomic E-state index is 0.000897. The van der Waals surface area contributed by atoms with Gasteiger partial charge in [-0.3, -0.25) is 9.59 Å². The van der Waals surface area contributed by atoms with Gasteiger partial charge >= 0.3 is 5.97 Å². The summed E-state index contributed by atoms with van der Waals surface area (Å²) in [6.45, 7) is 12.8. The third-order valence-electron chi connectivity index (χ3n) is 7.26. The third-order valence-corrected chi connectivity index (χ3v) is 7.26. The summed E-state index contributed by atoms with van der Waals surface area (Å²) in [5, 5.41) is 3.27. The van der Waals surface area contributed by atoms with Crippen LogP contribution in [0, 0.1) is 5.92 Å². The average Bonchev–Trinajstić information content (AvgIpc) is 2.92. The molecule has 2 aliphatic rings. The van der Waals surface area contributed by atoms with E-state index in [1.807, 2.05) is 55.1 Å². The Kier molecular flexibility index (Phi) is 8.75. The van der Waals surface area contributed by atoms with Crippen LogP contribution in [-0.4, -0.2) is 61.6 Å². The molecule has 2 fully saturated rings. The Balaban J connectivity index is 1.34. The summed E-state index contributed by atoms with van der Waals surface area (Å²) < 4.78 is 11.9. The number of anilines is 1. The van der Waals surface area contributed by atoms with Crippen molar-refractivity contribution in [3.05, 3.63) is 59.7 Å². The molecular formula is C30H41N3O4. The molecule has 2 aliphatic heterocycles. The second kappa shape index (κ2) is 12.0. The first kappa shape index (κ1) is 27.0. The van der Waals surface area contributed by atoms with Crippen LogP contribution in [0.3, 0.4) is 0 Å². The van der Waals surface area contributed by atoms with E-state index in [0.29, 0.717) is 37.9 Å². The topological polar surface area (TPSA) is 71.1 Å². The van der Waals surface area contributed by atoms with Gasteiger partial charge in [-0.1, -0.05) is 44.2 Å². The van der Waals surface area contributed by atoms with Crippen LogP contribution in [0.1, 0.15) is 57.6 Å². The van der Waals surface area contributed by atoms with Gasteiger partial charge in [0.2, 0.25) is 0 Å². The van der Waals surface area contributed by atoms with Crippen LogP contribution in [-0.2, 0) is 20.9 Å². The summed E-state index contributed by atoms with van der Waals surface area (Å²) >= 11 is 0. The molecule has 7 heteroatoms. The van der Waals surface area contributed by atoms with Crippen LogP contribution >= 0.6 is 0 Å². The molecule has 0 unspecified atom stereocenters. The summed E-state index contributed by atoms with van der Waals surface area (Å²) in [4.78, 5) is 30.0. The number of nitrogens with zero attached hydrogens (tertiary/aromatic N) is 2.